The zero-order valence-corrected chi connectivity index (χ0v) is 9.84. The highest BCUT2D eigenvalue weighted by Gasteiger charge is 2.13. The van der Waals surface area contributed by atoms with E-state index in [0.717, 1.165) is 0 Å². The van der Waals surface area contributed by atoms with Crippen molar-refractivity contribution in [2.75, 3.05) is 6.61 Å². The van der Waals surface area contributed by atoms with Crippen LogP contribution >= 0.6 is 0 Å². The molecule has 96 valence electrons. The van der Waals surface area contributed by atoms with Crippen molar-refractivity contribution in [1.29, 1.82) is 5.41 Å². The quantitative estimate of drug-likeness (QED) is 0.671. The summed E-state index contributed by atoms with van der Waals surface area (Å²) < 4.78 is 18.2. The first-order chi connectivity index (χ1) is 9.18. The molecule has 5 nitrogen and oxygen atoms in total. The van der Waals surface area contributed by atoms with E-state index in [1.807, 2.05) is 0 Å². The van der Waals surface area contributed by atoms with E-state index in [-0.39, 0.29) is 17.9 Å². The molecule has 0 aliphatic carbocycles. The van der Waals surface area contributed by atoms with Crippen LogP contribution in [0.4, 0.5) is 4.39 Å². The number of rotatable bonds is 4. The Morgan fingerprint density at radius 3 is 2.79 bits per heavy atom. The number of hydrogen-bond acceptors (Lipinski definition) is 5. The summed E-state index contributed by atoms with van der Waals surface area (Å²) in [6, 6.07) is 5.51. The first-order valence-corrected chi connectivity index (χ1v) is 5.44. The summed E-state index contributed by atoms with van der Waals surface area (Å²) in [5.41, 5.74) is 0.149. The van der Waals surface area contributed by atoms with Gasteiger partial charge in [-0.2, -0.15) is 0 Å². The standard InChI is InChI=1S/C13H10FN3O2/c14-10-4-2-1-3-9(10)13(18)19-8-11(15)12-7-16-5-6-17-12/h1-7,15H,8H2. The number of benzene rings is 1. The summed E-state index contributed by atoms with van der Waals surface area (Å²) in [6.07, 6.45) is 4.30. The van der Waals surface area contributed by atoms with E-state index in [2.05, 4.69) is 9.97 Å². The lowest BCUT2D eigenvalue weighted by Crippen LogP contribution is -2.16. The minimum atomic E-state index is -0.813. The van der Waals surface area contributed by atoms with E-state index < -0.39 is 11.8 Å². The lowest BCUT2D eigenvalue weighted by Gasteiger charge is -2.06. The van der Waals surface area contributed by atoms with Crippen LogP contribution < -0.4 is 0 Å². The van der Waals surface area contributed by atoms with Crippen LogP contribution in [0.15, 0.2) is 42.9 Å². The van der Waals surface area contributed by atoms with Gasteiger partial charge in [-0.1, -0.05) is 12.1 Å². The van der Waals surface area contributed by atoms with E-state index in [4.69, 9.17) is 10.1 Å². The van der Waals surface area contributed by atoms with Gasteiger partial charge < -0.3 is 4.74 Å². The summed E-state index contributed by atoms with van der Waals surface area (Å²) in [7, 11) is 0. The molecule has 6 heteroatoms. The molecule has 0 amide bonds. The van der Waals surface area contributed by atoms with E-state index >= 15 is 0 Å². The molecule has 0 aliphatic rings. The summed E-state index contributed by atoms with van der Waals surface area (Å²) in [6.45, 7) is -0.286. The first kappa shape index (κ1) is 12.8. The fourth-order valence-corrected chi connectivity index (χ4v) is 1.37. The van der Waals surface area contributed by atoms with Crippen LogP contribution in [-0.4, -0.2) is 28.3 Å². The second kappa shape index (κ2) is 5.81. The summed E-state index contributed by atoms with van der Waals surface area (Å²) in [4.78, 5) is 19.3. The van der Waals surface area contributed by atoms with E-state index in [1.54, 1.807) is 0 Å². The number of nitrogens with zero attached hydrogens (tertiary/aromatic N) is 2. The summed E-state index contributed by atoms with van der Waals surface area (Å²) in [5.74, 6) is -1.47. The Bertz CT molecular complexity index is 602. The summed E-state index contributed by atoms with van der Waals surface area (Å²) >= 11 is 0. The molecule has 2 aromatic rings. The van der Waals surface area contributed by atoms with Gasteiger partial charge in [0.15, 0.2) is 0 Å². The number of ether oxygens (including phenoxy) is 1. The molecule has 0 saturated carbocycles. The predicted octanol–water partition coefficient (Wildman–Crippen LogP) is 1.84. The van der Waals surface area contributed by atoms with Crippen LogP contribution in [0.25, 0.3) is 0 Å². The number of esters is 1. The van der Waals surface area contributed by atoms with Crippen LogP contribution in [0.2, 0.25) is 0 Å². The largest absolute Gasteiger partial charge is 0.455 e. The maximum atomic E-state index is 13.3. The average Bonchev–Trinajstić information content (AvgIpc) is 2.46. The van der Waals surface area contributed by atoms with Gasteiger partial charge in [-0.05, 0) is 12.1 Å². The van der Waals surface area contributed by atoms with Crippen molar-refractivity contribution in [3.05, 3.63) is 59.9 Å². The molecule has 0 atom stereocenters. The number of nitrogens with one attached hydrogen (secondary N) is 1. The highest BCUT2D eigenvalue weighted by atomic mass is 19.1. The fraction of sp³-hybridized carbons (Fsp3) is 0.0769. The maximum absolute atomic E-state index is 13.3. The van der Waals surface area contributed by atoms with Gasteiger partial charge in [0.05, 0.1) is 17.5 Å². The maximum Gasteiger partial charge on any atom is 0.341 e. The second-order valence-corrected chi connectivity index (χ2v) is 3.63. The molecule has 0 fully saturated rings. The number of aromatic nitrogens is 2. The lowest BCUT2D eigenvalue weighted by molar-refractivity contribution is 0.0558. The zero-order chi connectivity index (χ0) is 13.7. The lowest BCUT2D eigenvalue weighted by atomic mass is 10.2. The Morgan fingerprint density at radius 2 is 2.11 bits per heavy atom. The van der Waals surface area contributed by atoms with Crippen molar-refractivity contribution in [3.63, 3.8) is 0 Å². The predicted molar refractivity (Wildman–Crippen MR) is 65.5 cm³/mol. The van der Waals surface area contributed by atoms with Gasteiger partial charge in [-0.3, -0.25) is 15.4 Å². The van der Waals surface area contributed by atoms with Crippen LogP contribution in [0, 0.1) is 11.2 Å². The van der Waals surface area contributed by atoms with Gasteiger partial charge in [-0.15, -0.1) is 0 Å². The molecule has 1 aromatic heterocycles. The third-order valence-electron chi connectivity index (χ3n) is 2.31. The molecular formula is C13H10FN3O2. The smallest absolute Gasteiger partial charge is 0.341 e. The molecule has 0 unspecified atom stereocenters. The summed E-state index contributed by atoms with van der Waals surface area (Å²) in [5, 5.41) is 7.67. The molecule has 19 heavy (non-hydrogen) atoms. The third kappa shape index (κ3) is 3.19. The van der Waals surface area contributed by atoms with Crippen molar-refractivity contribution in [2.45, 2.75) is 0 Å². The molecule has 1 aromatic carbocycles. The van der Waals surface area contributed by atoms with E-state index in [0.29, 0.717) is 5.69 Å². The third-order valence-corrected chi connectivity index (χ3v) is 2.31. The molecule has 0 saturated heterocycles. The normalized spacial score (nSPS) is 9.95. The van der Waals surface area contributed by atoms with Gasteiger partial charge in [-0.25, -0.2) is 9.18 Å². The Labute approximate surface area is 108 Å². The van der Waals surface area contributed by atoms with Gasteiger partial charge >= 0.3 is 5.97 Å². The van der Waals surface area contributed by atoms with Crippen molar-refractivity contribution in [3.8, 4) is 0 Å². The highest BCUT2D eigenvalue weighted by molar-refractivity contribution is 5.99. The van der Waals surface area contributed by atoms with Crippen LogP contribution in [0.5, 0.6) is 0 Å². The Kier molecular flexibility index (Phi) is 3.92. The van der Waals surface area contributed by atoms with E-state index in [9.17, 15) is 9.18 Å². The molecule has 0 spiro atoms. The highest BCUT2D eigenvalue weighted by Crippen LogP contribution is 2.08. The monoisotopic (exact) mass is 259 g/mol. The molecule has 0 radical (unpaired) electrons. The van der Waals surface area contributed by atoms with Gasteiger partial charge in [0.2, 0.25) is 0 Å². The fourth-order valence-electron chi connectivity index (χ4n) is 1.37. The van der Waals surface area contributed by atoms with Crippen molar-refractivity contribution < 1.29 is 13.9 Å². The van der Waals surface area contributed by atoms with Crippen LogP contribution in [-0.2, 0) is 4.74 Å². The Balaban J connectivity index is 1.98. The number of carbonyl (C=O) groups excluding carboxylic acids is 1. The van der Waals surface area contributed by atoms with Crippen LogP contribution in [0.3, 0.4) is 0 Å². The first-order valence-electron chi connectivity index (χ1n) is 5.44. The number of hydrogen-bond donors (Lipinski definition) is 1. The Hall–Kier alpha value is -2.63. The number of carbonyl (C=O) groups is 1. The molecule has 0 bridgehead atoms. The topological polar surface area (TPSA) is 75.9 Å². The second-order valence-electron chi connectivity index (χ2n) is 3.63. The molecular weight excluding hydrogens is 249 g/mol. The van der Waals surface area contributed by atoms with Crippen LogP contribution in [0.1, 0.15) is 16.1 Å². The molecule has 2 rings (SSSR count). The Morgan fingerprint density at radius 1 is 1.32 bits per heavy atom. The number of halogens is 1. The molecule has 1 N–H and O–H groups in total. The minimum Gasteiger partial charge on any atom is -0.455 e. The van der Waals surface area contributed by atoms with Gasteiger partial charge in [0.1, 0.15) is 18.1 Å². The average molecular weight is 259 g/mol. The van der Waals surface area contributed by atoms with Crippen molar-refractivity contribution >= 4 is 11.7 Å². The van der Waals surface area contributed by atoms with Gasteiger partial charge in [0.25, 0.3) is 0 Å². The van der Waals surface area contributed by atoms with Crippen molar-refractivity contribution in [1.82, 2.24) is 9.97 Å². The van der Waals surface area contributed by atoms with Crippen molar-refractivity contribution in [2.24, 2.45) is 0 Å². The molecule has 0 aliphatic heterocycles. The van der Waals surface area contributed by atoms with Gasteiger partial charge in [0, 0.05) is 12.4 Å². The molecule has 1 heterocycles. The SMILES string of the molecule is N=C(COC(=O)c1ccccc1F)c1cnccn1. The van der Waals surface area contributed by atoms with E-state index in [1.165, 1.54) is 42.9 Å². The zero-order valence-electron chi connectivity index (χ0n) is 9.84. The minimum absolute atomic E-state index is 0.00205.